The van der Waals surface area contributed by atoms with E-state index in [1.54, 1.807) is 7.11 Å². The molecule has 0 aromatic heterocycles. The van der Waals surface area contributed by atoms with E-state index >= 15 is 0 Å². The average molecular weight is 320 g/mol. The summed E-state index contributed by atoms with van der Waals surface area (Å²) < 4.78 is 6.41. The monoisotopic (exact) mass is 319 g/mol. The second-order valence-electron chi connectivity index (χ2n) is 4.62. The average Bonchev–Trinajstić information content (AvgIpc) is 2.41. The summed E-state index contributed by atoms with van der Waals surface area (Å²) in [5, 5.41) is 0. The van der Waals surface area contributed by atoms with E-state index in [0.717, 1.165) is 23.3 Å². The molecule has 3 heteroatoms. The van der Waals surface area contributed by atoms with Crippen LogP contribution >= 0.6 is 15.9 Å². The molecule has 2 nitrogen and oxygen atoms in total. The summed E-state index contributed by atoms with van der Waals surface area (Å²) in [6, 6.07) is 16.5. The number of hydrogen-bond donors (Lipinski definition) is 0. The van der Waals surface area contributed by atoms with Gasteiger partial charge in [0.25, 0.3) is 0 Å². The van der Waals surface area contributed by atoms with E-state index in [0.29, 0.717) is 0 Å². The van der Waals surface area contributed by atoms with Crippen molar-refractivity contribution in [2.24, 2.45) is 0 Å². The normalized spacial score (nSPS) is 10.7. The Morgan fingerprint density at radius 3 is 2.58 bits per heavy atom. The van der Waals surface area contributed by atoms with Gasteiger partial charge in [-0.1, -0.05) is 46.3 Å². The zero-order chi connectivity index (χ0) is 13.7. The number of methoxy groups -OCH3 is 1. The van der Waals surface area contributed by atoms with Gasteiger partial charge in [0, 0.05) is 17.6 Å². The van der Waals surface area contributed by atoms with Crippen LogP contribution in [0.15, 0.2) is 53.0 Å². The summed E-state index contributed by atoms with van der Waals surface area (Å²) in [4.78, 5) is 2.29. The molecule has 0 spiro atoms. The van der Waals surface area contributed by atoms with E-state index in [2.05, 4.69) is 58.2 Å². The molecule has 2 aromatic carbocycles. The van der Waals surface area contributed by atoms with Crippen LogP contribution in [0.25, 0.3) is 0 Å². The lowest BCUT2D eigenvalue weighted by atomic mass is 10.1. The van der Waals surface area contributed by atoms with Crippen molar-refractivity contribution in [3.63, 3.8) is 0 Å². The van der Waals surface area contributed by atoms with Crippen LogP contribution in [0.3, 0.4) is 0 Å². The molecular weight excluding hydrogens is 302 g/mol. The Morgan fingerprint density at radius 1 is 1.05 bits per heavy atom. The van der Waals surface area contributed by atoms with Gasteiger partial charge < -0.3 is 4.74 Å². The molecule has 0 aliphatic rings. The molecule has 0 atom stereocenters. The molecule has 0 unspecified atom stereocenters. The van der Waals surface area contributed by atoms with Crippen molar-refractivity contribution >= 4 is 15.9 Å². The Kier molecular flexibility index (Phi) is 5.00. The number of ether oxygens (including phenoxy) is 1. The minimum absolute atomic E-state index is 0.901. The number of rotatable bonds is 5. The van der Waals surface area contributed by atoms with Gasteiger partial charge in [0.2, 0.25) is 0 Å². The van der Waals surface area contributed by atoms with Crippen molar-refractivity contribution in [2.75, 3.05) is 14.2 Å². The summed E-state index contributed by atoms with van der Waals surface area (Å²) in [5.74, 6) is 0.909. The summed E-state index contributed by atoms with van der Waals surface area (Å²) >= 11 is 3.59. The predicted molar refractivity (Wildman–Crippen MR) is 82.3 cm³/mol. The molecule has 0 radical (unpaired) electrons. The molecule has 2 aromatic rings. The molecule has 0 saturated heterocycles. The fourth-order valence-corrected chi connectivity index (χ4v) is 2.47. The fourth-order valence-electron chi connectivity index (χ4n) is 2.06. The van der Waals surface area contributed by atoms with Crippen LogP contribution in [0, 0.1) is 0 Å². The topological polar surface area (TPSA) is 12.5 Å². The van der Waals surface area contributed by atoms with E-state index in [1.165, 1.54) is 11.1 Å². The van der Waals surface area contributed by atoms with E-state index in [9.17, 15) is 0 Å². The maximum atomic E-state index is 5.25. The van der Waals surface area contributed by atoms with Gasteiger partial charge in [0.15, 0.2) is 0 Å². The molecule has 0 saturated carbocycles. The third-order valence-electron chi connectivity index (χ3n) is 2.98. The summed E-state index contributed by atoms with van der Waals surface area (Å²) in [7, 11) is 3.82. The number of hydrogen-bond acceptors (Lipinski definition) is 2. The van der Waals surface area contributed by atoms with E-state index in [4.69, 9.17) is 4.74 Å². The molecule has 0 heterocycles. The molecule has 0 fully saturated rings. The smallest absolute Gasteiger partial charge is 0.119 e. The Labute approximate surface area is 123 Å². The summed E-state index contributed by atoms with van der Waals surface area (Å²) in [5.41, 5.74) is 2.56. The molecular formula is C16H18BrNO. The van der Waals surface area contributed by atoms with Crippen LogP contribution in [0.2, 0.25) is 0 Å². The van der Waals surface area contributed by atoms with Crippen LogP contribution in [-0.4, -0.2) is 19.1 Å². The Bertz CT molecular complexity index is 542. The lowest BCUT2D eigenvalue weighted by Gasteiger charge is -2.18. The molecule has 0 aliphatic carbocycles. The Hall–Kier alpha value is -1.32. The van der Waals surface area contributed by atoms with Gasteiger partial charge in [0.05, 0.1) is 7.11 Å². The lowest BCUT2D eigenvalue weighted by Crippen LogP contribution is -2.17. The molecule has 100 valence electrons. The maximum absolute atomic E-state index is 5.25. The van der Waals surface area contributed by atoms with Crippen LogP contribution in [0.4, 0.5) is 0 Å². The third kappa shape index (κ3) is 4.08. The van der Waals surface area contributed by atoms with Crippen LogP contribution in [0.1, 0.15) is 11.1 Å². The van der Waals surface area contributed by atoms with Crippen LogP contribution < -0.4 is 4.74 Å². The van der Waals surface area contributed by atoms with Crippen LogP contribution in [0.5, 0.6) is 5.75 Å². The minimum Gasteiger partial charge on any atom is -0.497 e. The van der Waals surface area contributed by atoms with E-state index < -0.39 is 0 Å². The minimum atomic E-state index is 0.901. The van der Waals surface area contributed by atoms with E-state index in [-0.39, 0.29) is 0 Å². The Morgan fingerprint density at radius 2 is 1.84 bits per heavy atom. The predicted octanol–water partition coefficient (Wildman–Crippen LogP) is 4.09. The van der Waals surface area contributed by atoms with Gasteiger partial charge >= 0.3 is 0 Å². The third-order valence-corrected chi connectivity index (χ3v) is 3.76. The molecule has 0 amide bonds. The van der Waals surface area contributed by atoms with Crippen molar-refractivity contribution in [2.45, 2.75) is 13.1 Å². The highest BCUT2D eigenvalue weighted by Crippen LogP contribution is 2.19. The maximum Gasteiger partial charge on any atom is 0.119 e. The molecule has 0 N–H and O–H groups in total. The number of benzene rings is 2. The van der Waals surface area contributed by atoms with Gasteiger partial charge in [-0.2, -0.15) is 0 Å². The highest BCUT2D eigenvalue weighted by Gasteiger charge is 2.05. The van der Waals surface area contributed by atoms with Crippen molar-refractivity contribution in [3.05, 3.63) is 64.1 Å². The quantitative estimate of drug-likeness (QED) is 0.823. The molecule has 0 aliphatic heterocycles. The summed E-state index contributed by atoms with van der Waals surface area (Å²) in [6.07, 6.45) is 0. The van der Waals surface area contributed by atoms with E-state index in [1.807, 2.05) is 18.2 Å². The molecule has 0 bridgehead atoms. The van der Waals surface area contributed by atoms with Gasteiger partial charge in [0.1, 0.15) is 5.75 Å². The first kappa shape index (κ1) is 14.1. The van der Waals surface area contributed by atoms with Crippen LogP contribution in [-0.2, 0) is 13.1 Å². The number of halogens is 1. The first-order valence-electron chi connectivity index (χ1n) is 6.24. The Balaban J connectivity index is 2.01. The number of nitrogens with zero attached hydrogens (tertiary/aromatic N) is 1. The zero-order valence-electron chi connectivity index (χ0n) is 11.3. The first-order chi connectivity index (χ1) is 9.19. The van der Waals surface area contributed by atoms with Gasteiger partial charge in [-0.15, -0.1) is 0 Å². The van der Waals surface area contributed by atoms with Gasteiger partial charge in [-0.3, -0.25) is 4.90 Å². The molecule has 19 heavy (non-hydrogen) atoms. The standard InChI is InChI=1S/C16H18BrNO/c1-18(12-14-7-3-4-9-16(14)17)11-13-6-5-8-15(10-13)19-2/h3-10H,11-12H2,1-2H3. The van der Waals surface area contributed by atoms with Crippen molar-refractivity contribution in [1.29, 1.82) is 0 Å². The van der Waals surface area contributed by atoms with Gasteiger partial charge in [-0.05, 0) is 36.4 Å². The van der Waals surface area contributed by atoms with Gasteiger partial charge in [-0.25, -0.2) is 0 Å². The van der Waals surface area contributed by atoms with Crippen molar-refractivity contribution < 1.29 is 4.74 Å². The van der Waals surface area contributed by atoms with Crippen molar-refractivity contribution in [3.8, 4) is 5.75 Å². The second-order valence-corrected chi connectivity index (χ2v) is 5.47. The highest BCUT2D eigenvalue weighted by atomic mass is 79.9. The first-order valence-corrected chi connectivity index (χ1v) is 7.03. The highest BCUT2D eigenvalue weighted by molar-refractivity contribution is 9.10. The largest absolute Gasteiger partial charge is 0.497 e. The van der Waals surface area contributed by atoms with Crippen molar-refractivity contribution in [1.82, 2.24) is 4.90 Å². The fraction of sp³-hybridized carbons (Fsp3) is 0.250. The SMILES string of the molecule is COc1cccc(CN(C)Cc2ccccc2Br)c1. The zero-order valence-corrected chi connectivity index (χ0v) is 12.9. The second kappa shape index (κ2) is 6.73. The lowest BCUT2D eigenvalue weighted by molar-refractivity contribution is 0.317. The summed E-state index contributed by atoms with van der Waals surface area (Å²) in [6.45, 7) is 1.82. The molecule has 2 rings (SSSR count).